The molecule has 7 heteroatoms. The average molecular weight is 430 g/mol. The number of halogens is 2. The van der Waals surface area contributed by atoms with E-state index in [1.807, 2.05) is 0 Å². The van der Waals surface area contributed by atoms with Crippen molar-refractivity contribution < 1.29 is 8.78 Å². The first kappa shape index (κ1) is 18.9. The minimum absolute atomic E-state index is 0.161. The lowest BCUT2D eigenvalue weighted by Crippen LogP contribution is -2.06. The summed E-state index contributed by atoms with van der Waals surface area (Å²) >= 11 is 2.93. The number of nitrogens with zero attached hydrogens (tertiary/aromatic N) is 2. The molecule has 0 bridgehead atoms. The van der Waals surface area contributed by atoms with Crippen LogP contribution in [0.1, 0.15) is 49.8 Å². The molecule has 0 radical (unpaired) electrons. The number of fused-ring (bicyclic) bond motifs is 2. The standard InChI is InChI=1S/C22H21F2N3S2/c1-12-5-3-2-4-6-13(12)17-9-14-16(7-8-25-22(14)29-17)27-20-15(23)10-18-21(19(20)24)26-11-28-18/h7-13H,2-6H2,1H3,(H,25,27)/t12-,13+/m1/s1. The van der Waals surface area contributed by atoms with Crippen LogP contribution in [-0.4, -0.2) is 9.97 Å². The SMILES string of the molecule is C[C@@H]1CCCCC[C@@H]1c1cc2c(Nc3c(F)cc4scnc4c3F)ccnc2s1. The summed E-state index contributed by atoms with van der Waals surface area (Å²) in [5.74, 6) is -0.0931. The van der Waals surface area contributed by atoms with Crippen molar-refractivity contribution in [2.45, 2.75) is 44.9 Å². The number of rotatable bonds is 3. The Morgan fingerprint density at radius 2 is 1.97 bits per heavy atom. The van der Waals surface area contributed by atoms with E-state index in [0.717, 1.165) is 10.2 Å². The van der Waals surface area contributed by atoms with E-state index in [1.54, 1.807) is 23.6 Å². The Morgan fingerprint density at radius 1 is 1.10 bits per heavy atom. The normalized spacial score (nSPS) is 20.2. The van der Waals surface area contributed by atoms with Crippen LogP contribution in [0.2, 0.25) is 0 Å². The van der Waals surface area contributed by atoms with E-state index in [2.05, 4.69) is 28.3 Å². The molecule has 1 aliphatic carbocycles. The summed E-state index contributed by atoms with van der Waals surface area (Å²) in [6, 6.07) is 5.28. The molecule has 0 amide bonds. The molecular weight excluding hydrogens is 408 g/mol. The van der Waals surface area contributed by atoms with Crippen LogP contribution in [0, 0.1) is 17.6 Å². The lowest BCUT2D eigenvalue weighted by atomic mass is 9.88. The molecule has 5 rings (SSSR count). The van der Waals surface area contributed by atoms with Gasteiger partial charge < -0.3 is 5.32 Å². The smallest absolute Gasteiger partial charge is 0.176 e. The molecule has 1 aromatic carbocycles. The van der Waals surface area contributed by atoms with E-state index in [1.165, 1.54) is 59.9 Å². The van der Waals surface area contributed by atoms with Crippen molar-refractivity contribution >= 4 is 54.5 Å². The molecule has 150 valence electrons. The van der Waals surface area contributed by atoms with E-state index >= 15 is 0 Å². The average Bonchev–Trinajstić information content (AvgIpc) is 3.29. The van der Waals surface area contributed by atoms with Crippen LogP contribution in [0.15, 0.2) is 29.9 Å². The molecule has 3 aromatic heterocycles. The lowest BCUT2D eigenvalue weighted by molar-refractivity contribution is 0.440. The van der Waals surface area contributed by atoms with Crippen molar-refractivity contribution in [2.75, 3.05) is 5.32 Å². The van der Waals surface area contributed by atoms with Gasteiger partial charge in [0.1, 0.15) is 16.0 Å². The van der Waals surface area contributed by atoms with Crippen molar-refractivity contribution in [3.63, 3.8) is 0 Å². The maximum Gasteiger partial charge on any atom is 0.176 e. The fourth-order valence-electron chi connectivity index (χ4n) is 4.35. The van der Waals surface area contributed by atoms with Crippen LogP contribution in [0.5, 0.6) is 0 Å². The van der Waals surface area contributed by atoms with E-state index in [4.69, 9.17) is 0 Å². The summed E-state index contributed by atoms with van der Waals surface area (Å²) in [4.78, 5) is 10.8. The van der Waals surface area contributed by atoms with E-state index in [-0.39, 0.29) is 11.2 Å². The Morgan fingerprint density at radius 3 is 2.86 bits per heavy atom. The minimum Gasteiger partial charge on any atom is -0.350 e. The number of thiophene rings is 1. The Hall–Kier alpha value is -2.12. The molecule has 3 heterocycles. The topological polar surface area (TPSA) is 37.8 Å². The van der Waals surface area contributed by atoms with Gasteiger partial charge in [-0.2, -0.15) is 0 Å². The van der Waals surface area contributed by atoms with Gasteiger partial charge in [0, 0.05) is 16.5 Å². The minimum atomic E-state index is -0.654. The molecule has 1 N–H and O–H groups in total. The second-order valence-corrected chi connectivity index (χ2v) is 9.77. The highest BCUT2D eigenvalue weighted by molar-refractivity contribution is 7.18. The van der Waals surface area contributed by atoms with E-state index in [9.17, 15) is 8.78 Å². The Kier molecular flexibility index (Phi) is 4.95. The molecule has 0 spiro atoms. The summed E-state index contributed by atoms with van der Waals surface area (Å²) in [5, 5.41) is 3.90. The van der Waals surface area contributed by atoms with Crippen LogP contribution in [0.3, 0.4) is 0 Å². The van der Waals surface area contributed by atoms with Gasteiger partial charge >= 0.3 is 0 Å². The summed E-state index contributed by atoms with van der Waals surface area (Å²) < 4.78 is 30.0. The van der Waals surface area contributed by atoms with Crippen molar-refractivity contribution in [1.29, 1.82) is 0 Å². The molecule has 1 fully saturated rings. The van der Waals surface area contributed by atoms with Gasteiger partial charge in [-0.1, -0.05) is 32.6 Å². The van der Waals surface area contributed by atoms with Crippen molar-refractivity contribution in [2.24, 2.45) is 5.92 Å². The molecule has 29 heavy (non-hydrogen) atoms. The zero-order valence-electron chi connectivity index (χ0n) is 16.0. The largest absolute Gasteiger partial charge is 0.350 e. The molecule has 2 atom stereocenters. The number of hydrogen-bond donors (Lipinski definition) is 1. The lowest BCUT2D eigenvalue weighted by Gasteiger charge is -2.19. The molecule has 0 aliphatic heterocycles. The van der Waals surface area contributed by atoms with E-state index in [0.29, 0.717) is 22.2 Å². The van der Waals surface area contributed by atoms with Gasteiger partial charge in [-0.05, 0) is 36.5 Å². The van der Waals surface area contributed by atoms with Crippen molar-refractivity contribution in [3.8, 4) is 0 Å². The second-order valence-electron chi connectivity index (χ2n) is 7.82. The number of nitrogens with one attached hydrogen (secondary N) is 1. The quantitative estimate of drug-likeness (QED) is 0.341. The third kappa shape index (κ3) is 3.40. The van der Waals surface area contributed by atoms with Crippen molar-refractivity contribution in [1.82, 2.24) is 9.97 Å². The maximum absolute atomic E-state index is 14.9. The van der Waals surface area contributed by atoms with Crippen LogP contribution >= 0.6 is 22.7 Å². The molecular formula is C22H21F2N3S2. The Bertz CT molecular complexity index is 1180. The maximum atomic E-state index is 14.9. The number of thiazole rings is 1. The molecule has 1 aliphatic rings. The van der Waals surface area contributed by atoms with Gasteiger partial charge in [0.15, 0.2) is 11.6 Å². The molecule has 1 saturated carbocycles. The van der Waals surface area contributed by atoms with Crippen LogP contribution in [0.25, 0.3) is 20.4 Å². The Balaban J connectivity index is 1.55. The summed E-state index contributed by atoms with van der Waals surface area (Å²) in [6.07, 6.45) is 7.99. The summed E-state index contributed by atoms with van der Waals surface area (Å²) in [6.45, 7) is 2.33. The number of anilines is 2. The number of aromatic nitrogens is 2. The predicted octanol–water partition coefficient (Wildman–Crippen LogP) is 7.61. The molecule has 3 nitrogen and oxygen atoms in total. The first-order chi connectivity index (χ1) is 14.1. The van der Waals surface area contributed by atoms with Gasteiger partial charge in [0.25, 0.3) is 0 Å². The van der Waals surface area contributed by atoms with Gasteiger partial charge in [0.2, 0.25) is 0 Å². The molecule has 0 unspecified atom stereocenters. The fourth-order valence-corrected chi connectivity index (χ4v) is 6.34. The van der Waals surface area contributed by atoms with Crippen LogP contribution in [-0.2, 0) is 0 Å². The zero-order valence-corrected chi connectivity index (χ0v) is 17.7. The third-order valence-electron chi connectivity index (χ3n) is 5.96. The van der Waals surface area contributed by atoms with Crippen LogP contribution in [0.4, 0.5) is 20.2 Å². The second kappa shape index (κ2) is 7.61. The highest BCUT2D eigenvalue weighted by atomic mass is 32.1. The van der Waals surface area contributed by atoms with Gasteiger partial charge in [0.05, 0.1) is 15.9 Å². The monoisotopic (exact) mass is 429 g/mol. The van der Waals surface area contributed by atoms with Gasteiger partial charge in [-0.3, -0.25) is 0 Å². The number of hydrogen-bond acceptors (Lipinski definition) is 5. The first-order valence-electron chi connectivity index (χ1n) is 9.98. The highest BCUT2D eigenvalue weighted by Crippen LogP contribution is 2.43. The van der Waals surface area contributed by atoms with Gasteiger partial charge in [-0.15, -0.1) is 22.7 Å². The third-order valence-corrected chi connectivity index (χ3v) is 7.91. The van der Waals surface area contributed by atoms with Crippen LogP contribution < -0.4 is 5.32 Å². The summed E-state index contributed by atoms with van der Waals surface area (Å²) in [5.41, 5.74) is 2.24. The number of pyridine rings is 1. The van der Waals surface area contributed by atoms with Gasteiger partial charge in [-0.25, -0.2) is 18.7 Å². The Labute approximate surface area is 175 Å². The molecule has 4 aromatic rings. The fraction of sp³-hybridized carbons (Fsp3) is 0.364. The highest BCUT2D eigenvalue weighted by Gasteiger charge is 2.24. The van der Waals surface area contributed by atoms with E-state index < -0.39 is 11.6 Å². The van der Waals surface area contributed by atoms with Crippen molar-refractivity contribution in [3.05, 3.63) is 46.4 Å². The predicted molar refractivity (Wildman–Crippen MR) is 117 cm³/mol. The number of benzene rings is 1. The molecule has 0 saturated heterocycles. The zero-order chi connectivity index (χ0) is 20.0. The first-order valence-corrected chi connectivity index (χ1v) is 11.7. The summed E-state index contributed by atoms with van der Waals surface area (Å²) in [7, 11) is 0.